The zero-order chi connectivity index (χ0) is 12.0. The minimum Gasteiger partial charge on any atom is -0.481 e. The largest absolute Gasteiger partial charge is 0.481 e. The summed E-state index contributed by atoms with van der Waals surface area (Å²) < 4.78 is 3.57. The number of anilines is 1. The maximum absolute atomic E-state index is 11.3. The van der Waals surface area contributed by atoms with Crippen molar-refractivity contribution in [2.45, 2.75) is 13.3 Å². The van der Waals surface area contributed by atoms with E-state index in [1.54, 1.807) is 6.92 Å². The summed E-state index contributed by atoms with van der Waals surface area (Å²) in [7, 11) is 0. The molecular formula is C8H12N4O3S. The van der Waals surface area contributed by atoms with Crippen molar-refractivity contribution >= 4 is 28.5 Å². The first kappa shape index (κ1) is 12.4. The molecule has 1 atom stereocenters. The van der Waals surface area contributed by atoms with Crippen molar-refractivity contribution in [2.75, 3.05) is 11.9 Å². The van der Waals surface area contributed by atoms with Gasteiger partial charge in [0.25, 0.3) is 0 Å². The van der Waals surface area contributed by atoms with Crippen LogP contribution in [0.25, 0.3) is 0 Å². The molecule has 0 aliphatic carbocycles. The fourth-order valence-electron chi connectivity index (χ4n) is 1.00. The average Bonchev–Trinajstić information content (AvgIpc) is 2.70. The van der Waals surface area contributed by atoms with Gasteiger partial charge in [-0.25, -0.2) is 4.79 Å². The smallest absolute Gasteiger partial charge is 0.319 e. The van der Waals surface area contributed by atoms with Crippen molar-refractivity contribution in [2.24, 2.45) is 5.92 Å². The average molecular weight is 244 g/mol. The highest BCUT2D eigenvalue weighted by Crippen LogP contribution is 2.08. The van der Waals surface area contributed by atoms with Crippen LogP contribution < -0.4 is 10.6 Å². The number of aromatic nitrogens is 2. The van der Waals surface area contributed by atoms with Gasteiger partial charge in [-0.15, -0.1) is 5.10 Å². The fourth-order valence-corrected chi connectivity index (χ4v) is 1.42. The molecule has 0 saturated carbocycles. The molecule has 2 amide bonds. The van der Waals surface area contributed by atoms with E-state index in [0.29, 0.717) is 11.4 Å². The number of nitrogens with one attached hydrogen (secondary N) is 2. The Morgan fingerprint density at radius 1 is 1.62 bits per heavy atom. The topological polar surface area (TPSA) is 104 Å². The molecule has 88 valence electrons. The molecule has 0 saturated heterocycles. The van der Waals surface area contributed by atoms with E-state index in [0.717, 1.165) is 11.5 Å². The minimum atomic E-state index is -0.915. The minimum absolute atomic E-state index is 0.101. The molecule has 0 aromatic carbocycles. The van der Waals surface area contributed by atoms with Crippen molar-refractivity contribution in [1.82, 2.24) is 14.9 Å². The van der Waals surface area contributed by atoms with Gasteiger partial charge in [-0.2, -0.15) is 0 Å². The number of amides is 2. The standard InChI is InChI=1S/C8H12N4O3S/c1-2-5(7(13)14)3-9-8(15)11-6-4-10-12-16-6/h4-5H,2-3H2,1H3,(H,13,14)(H2,9,11,15). The second-order valence-corrected chi connectivity index (χ2v) is 3.85. The lowest BCUT2D eigenvalue weighted by molar-refractivity contribution is -0.141. The Bertz CT molecular complexity index is 354. The molecule has 0 aliphatic heterocycles. The van der Waals surface area contributed by atoms with Gasteiger partial charge < -0.3 is 10.4 Å². The van der Waals surface area contributed by atoms with Crippen molar-refractivity contribution in [3.05, 3.63) is 6.20 Å². The Labute approximate surface area is 96.0 Å². The lowest BCUT2D eigenvalue weighted by Crippen LogP contribution is -2.35. The van der Waals surface area contributed by atoms with E-state index in [1.165, 1.54) is 6.20 Å². The van der Waals surface area contributed by atoms with Crippen LogP contribution >= 0.6 is 11.5 Å². The predicted octanol–water partition coefficient (Wildman–Crippen LogP) is 0.770. The summed E-state index contributed by atoms with van der Waals surface area (Å²) in [5.74, 6) is -1.48. The number of carbonyl (C=O) groups excluding carboxylic acids is 1. The highest BCUT2D eigenvalue weighted by atomic mass is 32.1. The summed E-state index contributed by atoms with van der Waals surface area (Å²) in [6, 6.07) is -0.453. The number of hydrogen-bond donors (Lipinski definition) is 3. The third kappa shape index (κ3) is 3.81. The van der Waals surface area contributed by atoms with Crippen LogP contribution in [0.4, 0.5) is 9.80 Å². The van der Waals surface area contributed by atoms with Crippen LogP contribution in [0.5, 0.6) is 0 Å². The van der Waals surface area contributed by atoms with Crippen LogP contribution in [0.15, 0.2) is 6.20 Å². The summed E-state index contributed by atoms with van der Waals surface area (Å²) >= 11 is 1.05. The van der Waals surface area contributed by atoms with Crippen molar-refractivity contribution in [1.29, 1.82) is 0 Å². The highest BCUT2D eigenvalue weighted by Gasteiger charge is 2.15. The van der Waals surface area contributed by atoms with Crippen LogP contribution in [0.1, 0.15) is 13.3 Å². The molecule has 7 nitrogen and oxygen atoms in total. The van der Waals surface area contributed by atoms with Crippen molar-refractivity contribution in [3.8, 4) is 0 Å². The molecule has 1 aromatic rings. The number of urea groups is 1. The van der Waals surface area contributed by atoms with Gasteiger partial charge in [-0.05, 0) is 6.42 Å². The first-order valence-corrected chi connectivity index (χ1v) is 5.45. The van der Waals surface area contributed by atoms with Crippen LogP contribution in [-0.2, 0) is 4.79 Å². The third-order valence-corrected chi connectivity index (χ3v) is 2.53. The maximum Gasteiger partial charge on any atom is 0.319 e. The summed E-state index contributed by atoms with van der Waals surface area (Å²) in [5.41, 5.74) is 0. The third-order valence-electron chi connectivity index (χ3n) is 1.95. The summed E-state index contributed by atoms with van der Waals surface area (Å²) in [6.07, 6.45) is 1.89. The molecule has 0 aliphatic rings. The first-order chi connectivity index (χ1) is 7.63. The zero-order valence-corrected chi connectivity index (χ0v) is 9.45. The van der Waals surface area contributed by atoms with Gasteiger partial charge in [0.1, 0.15) is 5.00 Å². The molecule has 1 unspecified atom stereocenters. The van der Waals surface area contributed by atoms with Gasteiger partial charge in [0.05, 0.1) is 12.1 Å². The van der Waals surface area contributed by atoms with Gasteiger partial charge in [0.15, 0.2) is 0 Å². The van der Waals surface area contributed by atoms with E-state index in [2.05, 4.69) is 20.2 Å². The van der Waals surface area contributed by atoms with E-state index in [1.807, 2.05) is 0 Å². The van der Waals surface area contributed by atoms with Gasteiger partial charge in [-0.1, -0.05) is 11.4 Å². The molecule has 0 radical (unpaired) electrons. The molecule has 8 heteroatoms. The Kier molecular flexibility index (Phi) is 4.65. The van der Waals surface area contributed by atoms with Crippen LogP contribution in [-0.4, -0.2) is 33.2 Å². The van der Waals surface area contributed by atoms with Gasteiger partial charge in [0, 0.05) is 18.1 Å². The molecule has 0 spiro atoms. The Hall–Kier alpha value is -1.70. The van der Waals surface area contributed by atoms with E-state index < -0.39 is 17.9 Å². The van der Waals surface area contributed by atoms with Gasteiger partial charge in [0.2, 0.25) is 0 Å². The lowest BCUT2D eigenvalue weighted by atomic mass is 10.1. The molecule has 0 bridgehead atoms. The number of nitrogens with zero attached hydrogens (tertiary/aromatic N) is 2. The molecule has 0 fully saturated rings. The first-order valence-electron chi connectivity index (χ1n) is 4.68. The van der Waals surface area contributed by atoms with Crippen molar-refractivity contribution < 1.29 is 14.7 Å². The molecule has 3 N–H and O–H groups in total. The monoisotopic (exact) mass is 244 g/mol. The number of carbonyl (C=O) groups is 2. The molecule has 16 heavy (non-hydrogen) atoms. The van der Waals surface area contributed by atoms with E-state index >= 15 is 0 Å². The number of aliphatic carboxylic acids is 1. The Morgan fingerprint density at radius 2 is 2.38 bits per heavy atom. The second kappa shape index (κ2) is 6.01. The molecular weight excluding hydrogens is 232 g/mol. The van der Waals surface area contributed by atoms with E-state index in [-0.39, 0.29) is 6.54 Å². The number of carboxylic acids is 1. The van der Waals surface area contributed by atoms with E-state index in [4.69, 9.17) is 5.11 Å². The van der Waals surface area contributed by atoms with Crippen LogP contribution in [0, 0.1) is 5.92 Å². The lowest BCUT2D eigenvalue weighted by Gasteiger charge is -2.10. The second-order valence-electron chi connectivity index (χ2n) is 3.06. The Balaban J connectivity index is 2.32. The fraction of sp³-hybridized carbons (Fsp3) is 0.500. The summed E-state index contributed by atoms with van der Waals surface area (Å²) in [5, 5.41) is 17.8. The van der Waals surface area contributed by atoms with E-state index in [9.17, 15) is 9.59 Å². The number of carboxylic acid groups (broad SMARTS) is 1. The van der Waals surface area contributed by atoms with Gasteiger partial charge in [-0.3, -0.25) is 10.1 Å². The molecule has 1 heterocycles. The Morgan fingerprint density at radius 3 is 2.88 bits per heavy atom. The summed E-state index contributed by atoms with van der Waals surface area (Å²) in [6.45, 7) is 1.86. The SMILES string of the molecule is CCC(CNC(=O)Nc1cnns1)C(=O)O. The van der Waals surface area contributed by atoms with Crippen molar-refractivity contribution in [3.63, 3.8) is 0 Å². The summed E-state index contributed by atoms with van der Waals surface area (Å²) in [4.78, 5) is 22.0. The molecule has 1 rings (SSSR count). The maximum atomic E-state index is 11.3. The number of hydrogen-bond acceptors (Lipinski definition) is 5. The van der Waals surface area contributed by atoms with Crippen LogP contribution in [0.2, 0.25) is 0 Å². The predicted molar refractivity (Wildman–Crippen MR) is 58.3 cm³/mol. The normalized spacial score (nSPS) is 11.8. The molecule has 1 aromatic heterocycles. The zero-order valence-electron chi connectivity index (χ0n) is 8.64. The van der Waals surface area contributed by atoms with Gasteiger partial charge >= 0.3 is 12.0 Å². The quantitative estimate of drug-likeness (QED) is 0.709. The highest BCUT2D eigenvalue weighted by molar-refractivity contribution is 7.10. The van der Waals surface area contributed by atoms with Crippen LogP contribution in [0.3, 0.4) is 0 Å². The number of rotatable bonds is 5.